The van der Waals surface area contributed by atoms with E-state index in [1.165, 1.54) is 6.21 Å². The van der Waals surface area contributed by atoms with E-state index in [0.717, 1.165) is 12.8 Å². The second-order valence-electron chi connectivity index (χ2n) is 5.18. The molecule has 6 heteroatoms. The highest BCUT2D eigenvalue weighted by Gasteiger charge is 2.05. The summed E-state index contributed by atoms with van der Waals surface area (Å²) in [4.78, 5) is 27.7. The monoisotopic (exact) mass is 324 g/mol. The van der Waals surface area contributed by atoms with Gasteiger partial charge in [-0.2, -0.15) is 5.10 Å². The van der Waals surface area contributed by atoms with Crippen molar-refractivity contribution in [1.29, 1.82) is 0 Å². The SMILES string of the molecule is CCCCC(=O)Nc1ccc(C(=O)NN=Cc2ccccn2)cc1. The van der Waals surface area contributed by atoms with E-state index < -0.39 is 0 Å². The molecule has 0 bridgehead atoms. The molecule has 0 unspecified atom stereocenters. The number of carbonyl (C=O) groups is 2. The fourth-order valence-electron chi connectivity index (χ4n) is 1.94. The topological polar surface area (TPSA) is 83.5 Å². The average molecular weight is 324 g/mol. The number of aromatic nitrogens is 1. The highest BCUT2D eigenvalue weighted by molar-refractivity contribution is 5.96. The van der Waals surface area contributed by atoms with E-state index in [9.17, 15) is 9.59 Å². The number of benzene rings is 1. The Morgan fingerprint density at radius 1 is 1.17 bits per heavy atom. The summed E-state index contributed by atoms with van der Waals surface area (Å²) >= 11 is 0. The van der Waals surface area contributed by atoms with Crippen LogP contribution in [-0.2, 0) is 4.79 Å². The first-order valence-electron chi connectivity index (χ1n) is 7.83. The van der Waals surface area contributed by atoms with Gasteiger partial charge in [-0.05, 0) is 42.8 Å². The van der Waals surface area contributed by atoms with Gasteiger partial charge in [0.05, 0.1) is 11.9 Å². The Hall–Kier alpha value is -3.02. The van der Waals surface area contributed by atoms with Gasteiger partial charge in [0.1, 0.15) is 0 Å². The predicted octanol–water partition coefficient (Wildman–Crippen LogP) is 2.97. The predicted molar refractivity (Wildman–Crippen MR) is 93.9 cm³/mol. The van der Waals surface area contributed by atoms with Crippen LogP contribution in [0.3, 0.4) is 0 Å². The lowest BCUT2D eigenvalue weighted by atomic mass is 10.2. The lowest BCUT2D eigenvalue weighted by Crippen LogP contribution is -2.18. The molecule has 124 valence electrons. The van der Waals surface area contributed by atoms with Crippen LogP contribution in [0.1, 0.15) is 42.2 Å². The molecule has 24 heavy (non-hydrogen) atoms. The number of pyridine rings is 1. The molecule has 0 aliphatic heterocycles. The fraction of sp³-hybridized carbons (Fsp3) is 0.222. The maximum absolute atomic E-state index is 12.0. The first-order valence-corrected chi connectivity index (χ1v) is 7.83. The van der Waals surface area contributed by atoms with Crippen LogP contribution in [0.5, 0.6) is 0 Å². The Labute approximate surface area is 141 Å². The molecule has 2 aromatic rings. The summed E-state index contributed by atoms with van der Waals surface area (Å²) in [6.07, 6.45) is 5.46. The van der Waals surface area contributed by atoms with Gasteiger partial charge >= 0.3 is 0 Å². The third-order valence-electron chi connectivity index (χ3n) is 3.24. The van der Waals surface area contributed by atoms with Gasteiger partial charge < -0.3 is 5.32 Å². The van der Waals surface area contributed by atoms with Crippen LogP contribution in [0, 0.1) is 0 Å². The molecule has 0 spiro atoms. The maximum Gasteiger partial charge on any atom is 0.271 e. The van der Waals surface area contributed by atoms with Crippen LogP contribution in [0.2, 0.25) is 0 Å². The van der Waals surface area contributed by atoms with Gasteiger partial charge in [-0.3, -0.25) is 14.6 Å². The summed E-state index contributed by atoms with van der Waals surface area (Å²) in [6, 6.07) is 12.1. The Kier molecular flexibility index (Phi) is 6.64. The molecule has 0 saturated carbocycles. The quantitative estimate of drug-likeness (QED) is 0.606. The van der Waals surface area contributed by atoms with Crippen molar-refractivity contribution in [3.05, 3.63) is 59.9 Å². The summed E-state index contributed by atoms with van der Waals surface area (Å²) < 4.78 is 0. The molecule has 2 rings (SSSR count). The summed E-state index contributed by atoms with van der Waals surface area (Å²) in [6.45, 7) is 2.04. The first-order chi connectivity index (χ1) is 11.7. The molecule has 1 heterocycles. The minimum absolute atomic E-state index is 0.0194. The second kappa shape index (κ2) is 9.19. The van der Waals surface area contributed by atoms with Crippen molar-refractivity contribution in [3.63, 3.8) is 0 Å². The van der Waals surface area contributed by atoms with E-state index >= 15 is 0 Å². The first kappa shape index (κ1) is 17.3. The number of nitrogens with zero attached hydrogens (tertiary/aromatic N) is 2. The van der Waals surface area contributed by atoms with Crippen molar-refractivity contribution in [2.24, 2.45) is 5.10 Å². The maximum atomic E-state index is 12.0. The summed E-state index contributed by atoms with van der Waals surface area (Å²) in [5.74, 6) is -0.347. The van der Waals surface area contributed by atoms with Crippen molar-refractivity contribution in [3.8, 4) is 0 Å². The fourth-order valence-corrected chi connectivity index (χ4v) is 1.94. The van der Waals surface area contributed by atoms with E-state index in [1.807, 2.05) is 13.0 Å². The molecule has 0 aliphatic carbocycles. The average Bonchev–Trinajstić information content (AvgIpc) is 2.61. The Morgan fingerprint density at radius 3 is 2.62 bits per heavy atom. The number of unbranched alkanes of at least 4 members (excludes halogenated alkanes) is 1. The Bertz CT molecular complexity index is 697. The van der Waals surface area contributed by atoms with Gasteiger partial charge in [-0.1, -0.05) is 19.4 Å². The number of anilines is 1. The molecule has 0 saturated heterocycles. The number of rotatable bonds is 7. The van der Waals surface area contributed by atoms with Crippen LogP contribution in [-0.4, -0.2) is 23.0 Å². The number of nitrogens with one attached hydrogen (secondary N) is 2. The van der Waals surface area contributed by atoms with Crippen molar-refractivity contribution in [1.82, 2.24) is 10.4 Å². The molecule has 6 nitrogen and oxygen atoms in total. The highest BCUT2D eigenvalue weighted by Crippen LogP contribution is 2.10. The summed E-state index contributed by atoms with van der Waals surface area (Å²) in [5, 5.41) is 6.66. The number of amides is 2. The molecule has 1 aromatic carbocycles. The molecule has 0 radical (unpaired) electrons. The Balaban J connectivity index is 1.87. The molecular formula is C18H20N4O2. The van der Waals surface area contributed by atoms with E-state index in [1.54, 1.807) is 42.6 Å². The van der Waals surface area contributed by atoms with Crippen LogP contribution >= 0.6 is 0 Å². The third kappa shape index (κ3) is 5.64. The molecule has 1 aromatic heterocycles. The molecule has 0 fully saturated rings. The Morgan fingerprint density at radius 2 is 1.96 bits per heavy atom. The number of carbonyl (C=O) groups excluding carboxylic acids is 2. The number of hydrazone groups is 1. The number of hydrogen-bond donors (Lipinski definition) is 2. The molecule has 0 atom stereocenters. The highest BCUT2D eigenvalue weighted by atomic mass is 16.2. The third-order valence-corrected chi connectivity index (χ3v) is 3.24. The lowest BCUT2D eigenvalue weighted by molar-refractivity contribution is -0.116. The molecular weight excluding hydrogens is 304 g/mol. The van der Waals surface area contributed by atoms with E-state index in [0.29, 0.717) is 23.4 Å². The zero-order valence-electron chi connectivity index (χ0n) is 13.5. The van der Waals surface area contributed by atoms with Crippen LogP contribution < -0.4 is 10.7 Å². The summed E-state index contributed by atoms with van der Waals surface area (Å²) in [5.41, 5.74) is 4.22. The van der Waals surface area contributed by atoms with Gasteiger partial charge in [-0.25, -0.2) is 5.43 Å². The second-order valence-corrected chi connectivity index (χ2v) is 5.18. The number of hydrogen-bond acceptors (Lipinski definition) is 4. The van der Waals surface area contributed by atoms with Crippen LogP contribution in [0.15, 0.2) is 53.8 Å². The van der Waals surface area contributed by atoms with Crippen molar-refractivity contribution in [2.75, 3.05) is 5.32 Å². The van der Waals surface area contributed by atoms with Crippen molar-refractivity contribution < 1.29 is 9.59 Å². The molecule has 0 aliphatic rings. The minimum atomic E-state index is -0.328. The zero-order valence-corrected chi connectivity index (χ0v) is 13.5. The van der Waals surface area contributed by atoms with Gasteiger partial charge in [-0.15, -0.1) is 0 Å². The van der Waals surface area contributed by atoms with Gasteiger partial charge in [0.25, 0.3) is 5.91 Å². The standard InChI is InChI=1S/C18H20N4O2/c1-2-3-7-17(23)21-15-10-8-14(9-11-15)18(24)22-20-13-16-6-4-5-12-19-16/h4-6,8-13H,2-3,7H2,1H3,(H,21,23)(H,22,24). The van der Waals surface area contributed by atoms with E-state index in [2.05, 4.69) is 20.8 Å². The van der Waals surface area contributed by atoms with Gasteiger partial charge in [0.15, 0.2) is 0 Å². The van der Waals surface area contributed by atoms with Crippen LogP contribution in [0.25, 0.3) is 0 Å². The largest absolute Gasteiger partial charge is 0.326 e. The minimum Gasteiger partial charge on any atom is -0.326 e. The van der Waals surface area contributed by atoms with Crippen molar-refractivity contribution in [2.45, 2.75) is 26.2 Å². The van der Waals surface area contributed by atoms with Gasteiger partial charge in [0.2, 0.25) is 5.91 Å². The zero-order chi connectivity index (χ0) is 17.2. The lowest BCUT2D eigenvalue weighted by Gasteiger charge is -2.05. The van der Waals surface area contributed by atoms with E-state index in [4.69, 9.17) is 0 Å². The normalized spacial score (nSPS) is 10.5. The van der Waals surface area contributed by atoms with Crippen molar-refractivity contribution >= 4 is 23.7 Å². The van der Waals surface area contributed by atoms with Crippen LogP contribution in [0.4, 0.5) is 5.69 Å². The summed E-state index contributed by atoms with van der Waals surface area (Å²) in [7, 11) is 0. The smallest absolute Gasteiger partial charge is 0.271 e. The van der Waals surface area contributed by atoms with E-state index in [-0.39, 0.29) is 11.8 Å². The molecule has 2 amide bonds. The molecule has 2 N–H and O–H groups in total. The van der Waals surface area contributed by atoms with Gasteiger partial charge in [0, 0.05) is 23.9 Å².